The molecule has 1 atom stereocenters. The predicted octanol–water partition coefficient (Wildman–Crippen LogP) is 4.25. The summed E-state index contributed by atoms with van der Waals surface area (Å²) in [6, 6.07) is 21.1. The third-order valence-electron chi connectivity index (χ3n) is 6.78. The first-order valence-electron chi connectivity index (χ1n) is 12.3. The van der Waals surface area contributed by atoms with E-state index < -0.39 is 22.0 Å². The number of hydrogen-bond acceptors (Lipinski definition) is 7. The summed E-state index contributed by atoms with van der Waals surface area (Å²) in [6.45, 7) is -0.379. The number of benzene rings is 3. The van der Waals surface area contributed by atoms with E-state index in [0.29, 0.717) is 28.7 Å². The van der Waals surface area contributed by atoms with Gasteiger partial charge in [-0.2, -0.15) is 9.41 Å². The number of amides is 1. The lowest BCUT2D eigenvalue weighted by Crippen LogP contribution is -2.39. The minimum Gasteiger partial charge on any atom is -0.497 e. The molecule has 1 amide bonds. The number of fused-ring (bicyclic) bond motifs is 1. The van der Waals surface area contributed by atoms with Gasteiger partial charge in [0.2, 0.25) is 10.0 Å². The molecule has 39 heavy (non-hydrogen) atoms. The fourth-order valence-corrected chi connectivity index (χ4v) is 5.95. The van der Waals surface area contributed by atoms with Crippen LogP contribution < -0.4 is 9.47 Å². The molecule has 0 radical (unpaired) electrons. The smallest absolute Gasteiger partial charge is 0.258 e. The van der Waals surface area contributed by atoms with E-state index in [1.165, 1.54) is 18.1 Å². The van der Waals surface area contributed by atoms with E-state index >= 15 is 0 Å². The minimum absolute atomic E-state index is 0.119. The summed E-state index contributed by atoms with van der Waals surface area (Å²) in [5, 5.41) is 7.31. The van der Waals surface area contributed by atoms with Gasteiger partial charge in [0, 0.05) is 36.6 Å². The van der Waals surface area contributed by atoms with Crippen LogP contribution in [0.3, 0.4) is 0 Å². The highest BCUT2D eigenvalue weighted by molar-refractivity contribution is 7.89. The Labute approximate surface area is 227 Å². The maximum atomic E-state index is 13.6. The molecule has 2 heterocycles. The molecule has 0 fully saturated rings. The molecule has 9 nitrogen and oxygen atoms in total. The molecule has 10 heteroatoms. The quantitative estimate of drug-likeness (QED) is 0.329. The number of hydrogen-bond donors (Lipinski definition) is 0. The highest BCUT2D eigenvalue weighted by atomic mass is 32.2. The number of aromatic nitrogens is 1. The van der Waals surface area contributed by atoms with Crippen LogP contribution >= 0.6 is 0 Å². The SMILES string of the molecule is COc1ccc(C2=NN(C(=O)CN(C)S(=O)(=O)c3cccc4cnccc34)C(c3ccc(OC)cc3)C2)cc1. The first-order valence-corrected chi connectivity index (χ1v) is 13.7. The van der Waals surface area contributed by atoms with Gasteiger partial charge >= 0.3 is 0 Å². The van der Waals surface area contributed by atoms with Crippen molar-refractivity contribution in [3.63, 3.8) is 0 Å². The third kappa shape index (κ3) is 5.21. The van der Waals surface area contributed by atoms with Crippen LogP contribution in [0, 0.1) is 0 Å². The molecule has 3 aromatic carbocycles. The van der Waals surface area contributed by atoms with Gasteiger partial charge in [-0.15, -0.1) is 0 Å². The summed E-state index contributed by atoms with van der Waals surface area (Å²) in [5.74, 6) is 0.974. The number of nitrogens with zero attached hydrogens (tertiary/aromatic N) is 4. The molecule has 0 saturated carbocycles. The Morgan fingerprint density at radius 2 is 1.64 bits per heavy atom. The van der Waals surface area contributed by atoms with Crippen molar-refractivity contribution in [2.45, 2.75) is 17.4 Å². The second kappa shape index (κ2) is 10.8. The average Bonchev–Trinajstić information content (AvgIpc) is 3.42. The molecule has 1 unspecified atom stereocenters. The van der Waals surface area contributed by atoms with Gasteiger partial charge in [-0.05, 0) is 59.7 Å². The normalized spacial score (nSPS) is 15.4. The summed E-state index contributed by atoms with van der Waals surface area (Å²) in [7, 11) is 0.617. The molecule has 0 bridgehead atoms. The van der Waals surface area contributed by atoms with E-state index in [1.807, 2.05) is 48.5 Å². The van der Waals surface area contributed by atoms with Crippen LogP contribution in [0.15, 0.2) is 95.2 Å². The van der Waals surface area contributed by atoms with E-state index in [9.17, 15) is 13.2 Å². The number of carbonyl (C=O) groups is 1. The van der Waals surface area contributed by atoms with E-state index in [1.54, 1.807) is 44.8 Å². The summed E-state index contributed by atoms with van der Waals surface area (Å²) >= 11 is 0. The number of carbonyl (C=O) groups excluding carboxylic acids is 1. The molecule has 1 aromatic heterocycles. The van der Waals surface area contributed by atoms with E-state index in [-0.39, 0.29) is 11.4 Å². The zero-order valence-corrected chi connectivity index (χ0v) is 22.6. The zero-order valence-electron chi connectivity index (χ0n) is 21.8. The fourth-order valence-electron chi connectivity index (χ4n) is 4.62. The molecule has 1 aliphatic heterocycles. The van der Waals surface area contributed by atoms with Crippen LogP contribution in [0.2, 0.25) is 0 Å². The molecule has 0 saturated heterocycles. The Balaban J connectivity index is 1.45. The molecule has 0 N–H and O–H groups in total. The number of hydrazone groups is 1. The largest absolute Gasteiger partial charge is 0.497 e. The molecule has 200 valence electrons. The Morgan fingerprint density at radius 3 is 2.31 bits per heavy atom. The van der Waals surface area contributed by atoms with E-state index in [4.69, 9.17) is 9.47 Å². The number of ether oxygens (including phenoxy) is 2. The Hall–Kier alpha value is -4.28. The van der Waals surface area contributed by atoms with Gasteiger partial charge in [-0.25, -0.2) is 13.4 Å². The van der Waals surface area contributed by atoms with E-state index in [0.717, 1.165) is 21.1 Å². The Kier molecular flexibility index (Phi) is 7.32. The van der Waals surface area contributed by atoms with Gasteiger partial charge in [-0.3, -0.25) is 9.78 Å². The van der Waals surface area contributed by atoms with Crippen molar-refractivity contribution in [1.29, 1.82) is 0 Å². The van der Waals surface area contributed by atoms with Gasteiger partial charge < -0.3 is 9.47 Å². The van der Waals surface area contributed by atoms with Crippen molar-refractivity contribution < 1.29 is 22.7 Å². The number of sulfonamides is 1. The van der Waals surface area contributed by atoms with Crippen LogP contribution in [-0.2, 0) is 14.8 Å². The van der Waals surface area contributed by atoms with Gasteiger partial charge in [0.25, 0.3) is 5.91 Å². The van der Waals surface area contributed by atoms with Crippen molar-refractivity contribution in [3.8, 4) is 11.5 Å². The molecule has 5 rings (SSSR count). The monoisotopic (exact) mass is 544 g/mol. The fraction of sp³-hybridized carbons (Fsp3) is 0.207. The number of pyridine rings is 1. The molecule has 4 aromatic rings. The molecule has 0 spiro atoms. The molecular weight excluding hydrogens is 516 g/mol. The number of methoxy groups -OCH3 is 2. The van der Waals surface area contributed by atoms with E-state index in [2.05, 4.69) is 10.1 Å². The van der Waals surface area contributed by atoms with Crippen molar-refractivity contribution in [1.82, 2.24) is 14.3 Å². The lowest BCUT2D eigenvalue weighted by Gasteiger charge is -2.25. The lowest BCUT2D eigenvalue weighted by atomic mass is 9.98. The first-order chi connectivity index (χ1) is 18.8. The maximum absolute atomic E-state index is 13.6. The van der Waals surface area contributed by atoms with Gasteiger partial charge in [0.05, 0.1) is 37.4 Å². The summed E-state index contributed by atoms with van der Waals surface area (Å²) in [5.41, 5.74) is 2.44. The zero-order chi connectivity index (χ0) is 27.6. The Bertz CT molecular complexity index is 1630. The summed E-state index contributed by atoms with van der Waals surface area (Å²) in [6.07, 6.45) is 3.63. The molecular formula is C29H28N4O5S. The van der Waals surface area contributed by atoms with Gasteiger partial charge in [0.15, 0.2) is 0 Å². The topological polar surface area (TPSA) is 101 Å². The van der Waals surface area contributed by atoms with Crippen LogP contribution in [0.25, 0.3) is 10.8 Å². The lowest BCUT2D eigenvalue weighted by molar-refractivity contribution is -0.133. The van der Waals surface area contributed by atoms with Crippen molar-refractivity contribution >= 4 is 32.4 Å². The average molecular weight is 545 g/mol. The minimum atomic E-state index is -3.98. The van der Waals surface area contributed by atoms with Crippen molar-refractivity contribution in [2.75, 3.05) is 27.8 Å². The standard InChI is InChI=1S/C29H28N4O5S/c1-32(39(35,36)28-6-4-5-22-18-30-16-15-25(22)28)19-29(34)33-27(21-9-13-24(38-3)14-10-21)17-26(31-33)20-7-11-23(37-2)12-8-20/h4-16,18,27H,17,19H2,1-3H3. The highest BCUT2D eigenvalue weighted by Crippen LogP contribution is 2.34. The second-order valence-electron chi connectivity index (χ2n) is 9.12. The molecule has 0 aliphatic carbocycles. The van der Waals surface area contributed by atoms with Crippen molar-refractivity contribution in [3.05, 3.63) is 96.3 Å². The van der Waals surface area contributed by atoms with Gasteiger partial charge in [0.1, 0.15) is 11.5 Å². The van der Waals surface area contributed by atoms with Crippen molar-refractivity contribution in [2.24, 2.45) is 5.10 Å². The summed E-state index contributed by atoms with van der Waals surface area (Å²) < 4.78 is 38.7. The van der Waals surface area contributed by atoms with Gasteiger partial charge in [-0.1, -0.05) is 24.3 Å². The number of likely N-dealkylation sites (N-methyl/N-ethyl adjacent to an activating group) is 1. The highest BCUT2D eigenvalue weighted by Gasteiger charge is 2.35. The first kappa shape index (κ1) is 26.3. The Morgan fingerprint density at radius 1 is 0.974 bits per heavy atom. The van der Waals surface area contributed by atoms with Crippen LogP contribution in [0.1, 0.15) is 23.6 Å². The second-order valence-corrected chi connectivity index (χ2v) is 11.1. The summed E-state index contributed by atoms with van der Waals surface area (Å²) in [4.78, 5) is 17.8. The maximum Gasteiger partial charge on any atom is 0.258 e. The molecule has 1 aliphatic rings. The predicted molar refractivity (Wildman–Crippen MR) is 148 cm³/mol. The third-order valence-corrected chi connectivity index (χ3v) is 8.64. The van der Waals surface area contributed by atoms with Crippen LogP contribution in [0.4, 0.5) is 0 Å². The number of rotatable bonds is 8. The van der Waals surface area contributed by atoms with Crippen LogP contribution in [0.5, 0.6) is 11.5 Å². The van der Waals surface area contributed by atoms with Crippen LogP contribution in [-0.4, -0.2) is 62.1 Å².